The van der Waals surface area contributed by atoms with Crippen LogP contribution in [-0.4, -0.2) is 47.5 Å². The summed E-state index contributed by atoms with van der Waals surface area (Å²) in [6, 6.07) is 5.81. The summed E-state index contributed by atoms with van der Waals surface area (Å²) in [7, 11) is 0. The molecule has 8 nitrogen and oxygen atoms in total. The Morgan fingerprint density at radius 1 is 1.35 bits per heavy atom. The number of benzene rings is 1. The molecule has 0 bridgehead atoms. The van der Waals surface area contributed by atoms with Crippen LogP contribution in [-0.2, 0) is 6.42 Å². The molecule has 2 amide bonds. The number of ether oxygens (including phenoxy) is 2. The zero-order valence-corrected chi connectivity index (χ0v) is 14.7. The number of nitrogens with one attached hydrogen (secondary N) is 1. The van der Waals surface area contributed by atoms with Crippen molar-refractivity contribution in [1.29, 1.82) is 0 Å². The second-order valence-corrected chi connectivity index (χ2v) is 6.63. The minimum atomic E-state index is -0.0494. The number of carbonyl (C=O) groups excluding carboxylic acids is 1. The van der Waals surface area contributed by atoms with E-state index in [1.807, 2.05) is 23.1 Å². The maximum Gasteiger partial charge on any atom is 0.317 e. The zero-order chi connectivity index (χ0) is 17.9. The first-order valence-corrected chi connectivity index (χ1v) is 8.90. The highest BCUT2D eigenvalue weighted by Gasteiger charge is 2.28. The Bertz CT molecular complexity index is 791. The second-order valence-electron chi connectivity index (χ2n) is 6.63. The summed E-state index contributed by atoms with van der Waals surface area (Å²) in [6.07, 6.45) is 2.63. The molecule has 26 heavy (non-hydrogen) atoms. The largest absolute Gasteiger partial charge is 0.454 e. The fourth-order valence-corrected chi connectivity index (χ4v) is 3.36. The van der Waals surface area contributed by atoms with Crippen molar-refractivity contribution in [1.82, 2.24) is 20.4 Å². The summed E-state index contributed by atoms with van der Waals surface area (Å²) in [5.74, 6) is 2.91. The van der Waals surface area contributed by atoms with Gasteiger partial charge in [0.2, 0.25) is 12.7 Å². The third-order valence-electron chi connectivity index (χ3n) is 4.73. The molecule has 1 fully saturated rings. The van der Waals surface area contributed by atoms with Crippen LogP contribution in [0.5, 0.6) is 11.5 Å². The second kappa shape index (κ2) is 7.23. The Morgan fingerprint density at radius 2 is 2.23 bits per heavy atom. The Labute approximate surface area is 151 Å². The molecule has 0 saturated carbocycles. The number of carbonyl (C=O) groups is 1. The fraction of sp³-hybridized carbons (Fsp3) is 0.500. The lowest BCUT2D eigenvalue weighted by Crippen LogP contribution is -2.45. The smallest absolute Gasteiger partial charge is 0.317 e. The first-order chi connectivity index (χ1) is 12.7. The van der Waals surface area contributed by atoms with Gasteiger partial charge in [0.05, 0.1) is 5.92 Å². The van der Waals surface area contributed by atoms with E-state index in [4.69, 9.17) is 14.0 Å². The lowest BCUT2D eigenvalue weighted by atomic mass is 9.98. The molecule has 2 aromatic rings. The van der Waals surface area contributed by atoms with Crippen molar-refractivity contribution in [2.75, 3.05) is 26.4 Å². The van der Waals surface area contributed by atoms with Gasteiger partial charge in [-0.05, 0) is 43.9 Å². The number of rotatable bonds is 4. The average molecular weight is 358 g/mol. The van der Waals surface area contributed by atoms with E-state index < -0.39 is 0 Å². The maximum absolute atomic E-state index is 12.5. The molecular formula is C18H22N4O4. The highest BCUT2D eigenvalue weighted by atomic mass is 16.7. The highest BCUT2D eigenvalue weighted by Crippen LogP contribution is 2.32. The molecule has 1 aromatic heterocycles. The molecular weight excluding hydrogens is 336 g/mol. The van der Waals surface area contributed by atoms with Crippen LogP contribution >= 0.6 is 0 Å². The standard InChI is InChI=1S/C18H22N4O4/c1-12-20-17(26-21-12)14-3-2-8-22(10-14)18(23)19-7-6-13-4-5-15-16(9-13)25-11-24-15/h4-5,9,14H,2-3,6-8,10-11H2,1H3,(H,19,23). The van der Waals surface area contributed by atoms with Crippen molar-refractivity contribution in [3.63, 3.8) is 0 Å². The van der Waals surface area contributed by atoms with Gasteiger partial charge in [-0.1, -0.05) is 11.2 Å². The van der Waals surface area contributed by atoms with E-state index in [0.29, 0.717) is 24.8 Å². The number of fused-ring (bicyclic) bond motifs is 1. The fourth-order valence-electron chi connectivity index (χ4n) is 3.36. The van der Waals surface area contributed by atoms with Crippen LogP contribution in [0.4, 0.5) is 4.79 Å². The van der Waals surface area contributed by atoms with Crippen LogP contribution in [0.3, 0.4) is 0 Å². The van der Waals surface area contributed by atoms with Crippen molar-refractivity contribution in [2.24, 2.45) is 0 Å². The molecule has 0 aliphatic carbocycles. The number of likely N-dealkylation sites (tertiary alicyclic amines) is 1. The van der Waals surface area contributed by atoms with E-state index in [0.717, 1.165) is 42.9 Å². The molecule has 1 saturated heterocycles. The van der Waals surface area contributed by atoms with Gasteiger partial charge in [-0.15, -0.1) is 0 Å². The Hall–Kier alpha value is -2.77. The molecule has 2 aliphatic heterocycles. The molecule has 8 heteroatoms. The average Bonchev–Trinajstić information content (AvgIpc) is 3.30. The Morgan fingerprint density at radius 3 is 3.08 bits per heavy atom. The van der Waals surface area contributed by atoms with Gasteiger partial charge in [-0.2, -0.15) is 4.98 Å². The number of hydrogen-bond donors (Lipinski definition) is 1. The molecule has 0 spiro atoms. The van der Waals surface area contributed by atoms with Gasteiger partial charge >= 0.3 is 6.03 Å². The number of aryl methyl sites for hydroxylation is 1. The Kier molecular flexibility index (Phi) is 4.64. The normalized spacial score (nSPS) is 18.8. The maximum atomic E-state index is 12.5. The van der Waals surface area contributed by atoms with E-state index in [9.17, 15) is 4.79 Å². The molecule has 1 unspecified atom stereocenters. The summed E-state index contributed by atoms with van der Waals surface area (Å²) in [5, 5.41) is 6.84. The van der Waals surface area contributed by atoms with Gasteiger partial charge in [0, 0.05) is 19.6 Å². The van der Waals surface area contributed by atoms with E-state index in [1.165, 1.54) is 0 Å². The molecule has 4 rings (SSSR count). The molecule has 0 radical (unpaired) electrons. The minimum Gasteiger partial charge on any atom is -0.454 e. The molecule has 1 atom stereocenters. The summed E-state index contributed by atoms with van der Waals surface area (Å²) in [4.78, 5) is 18.6. The van der Waals surface area contributed by atoms with Crippen LogP contribution < -0.4 is 14.8 Å². The van der Waals surface area contributed by atoms with Gasteiger partial charge in [-0.3, -0.25) is 0 Å². The number of amides is 2. The van der Waals surface area contributed by atoms with Crippen LogP contribution in [0.25, 0.3) is 0 Å². The molecule has 2 aliphatic rings. The third kappa shape index (κ3) is 3.58. The van der Waals surface area contributed by atoms with Crippen molar-refractivity contribution in [3.8, 4) is 11.5 Å². The molecule has 3 heterocycles. The van der Waals surface area contributed by atoms with Crippen LogP contribution in [0.2, 0.25) is 0 Å². The number of aromatic nitrogens is 2. The number of urea groups is 1. The van der Waals surface area contributed by atoms with E-state index in [-0.39, 0.29) is 18.7 Å². The van der Waals surface area contributed by atoms with Gasteiger partial charge < -0.3 is 24.2 Å². The minimum absolute atomic E-state index is 0.0494. The van der Waals surface area contributed by atoms with E-state index in [1.54, 1.807) is 6.92 Å². The first kappa shape index (κ1) is 16.7. The molecule has 1 aromatic carbocycles. The summed E-state index contributed by atoms with van der Waals surface area (Å²) in [6.45, 7) is 4.00. The molecule has 1 N–H and O–H groups in total. The van der Waals surface area contributed by atoms with Crippen LogP contribution in [0.1, 0.15) is 36.0 Å². The first-order valence-electron chi connectivity index (χ1n) is 8.90. The number of nitrogens with zero attached hydrogens (tertiary/aromatic N) is 3. The van der Waals surface area contributed by atoms with Crippen LogP contribution in [0.15, 0.2) is 22.7 Å². The zero-order valence-electron chi connectivity index (χ0n) is 14.7. The Balaban J connectivity index is 1.28. The van der Waals surface area contributed by atoms with Crippen molar-refractivity contribution >= 4 is 6.03 Å². The summed E-state index contributed by atoms with van der Waals surface area (Å²) >= 11 is 0. The lowest BCUT2D eigenvalue weighted by molar-refractivity contribution is 0.172. The summed E-state index contributed by atoms with van der Waals surface area (Å²) < 4.78 is 16.0. The highest BCUT2D eigenvalue weighted by molar-refractivity contribution is 5.74. The third-order valence-corrected chi connectivity index (χ3v) is 4.73. The van der Waals surface area contributed by atoms with Crippen molar-refractivity contribution in [3.05, 3.63) is 35.5 Å². The number of hydrogen-bond acceptors (Lipinski definition) is 6. The quantitative estimate of drug-likeness (QED) is 0.901. The van der Waals surface area contributed by atoms with Gasteiger partial charge in [0.15, 0.2) is 17.3 Å². The van der Waals surface area contributed by atoms with Crippen LogP contribution in [0, 0.1) is 6.92 Å². The predicted octanol–water partition coefficient (Wildman–Crippen LogP) is 2.24. The predicted molar refractivity (Wildman–Crippen MR) is 92.3 cm³/mol. The lowest BCUT2D eigenvalue weighted by Gasteiger charge is -2.31. The van der Waals surface area contributed by atoms with E-state index in [2.05, 4.69) is 15.5 Å². The summed E-state index contributed by atoms with van der Waals surface area (Å²) in [5.41, 5.74) is 1.10. The topological polar surface area (TPSA) is 89.7 Å². The molecule has 138 valence electrons. The van der Waals surface area contributed by atoms with Gasteiger partial charge in [0.25, 0.3) is 0 Å². The van der Waals surface area contributed by atoms with E-state index >= 15 is 0 Å². The van der Waals surface area contributed by atoms with Gasteiger partial charge in [-0.25, -0.2) is 4.79 Å². The monoisotopic (exact) mass is 358 g/mol. The van der Waals surface area contributed by atoms with Crippen molar-refractivity contribution in [2.45, 2.75) is 32.1 Å². The van der Waals surface area contributed by atoms with Gasteiger partial charge in [0.1, 0.15) is 0 Å². The van der Waals surface area contributed by atoms with Crippen molar-refractivity contribution < 1.29 is 18.8 Å². The number of piperidine rings is 1. The SMILES string of the molecule is Cc1noc(C2CCCN(C(=O)NCCc3ccc4c(c3)OCO4)C2)n1.